The molecule has 0 bridgehead atoms. The van der Waals surface area contributed by atoms with Crippen LogP contribution in [0.3, 0.4) is 0 Å². The van der Waals surface area contributed by atoms with Crippen LogP contribution in [-0.2, 0) is 0 Å². The van der Waals surface area contributed by atoms with Crippen molar-refractivity contribution >= 4 is 22.7 Å². The standard InChI is InChI=1S/C10H11NOS2/c1-6-3-8(4-13-6)9-5-14-10(11-9)7(2)12/h3-5,7,12H,1-2H3. The number of thiazole rings is 1. The van der Waals surface area contributed by atoms with Gasteiger partial charge in [0, 0.05) is 21.2 Å². The number of aliphatic hydroxyl groups is 1. The van der Waals surface area contributed by atoms with Crippen molar-refractivity contribution < 1.29 is 5.11 Å². The summed E-state index contributed by atoms with van der Waals surface area (Å²) in [4.78, 5) is 5.65. The highest BCUT2D eigenvalue weighted by atomic mass is 32.1. The summed E-state index contributed by atoms with van der Waals surface area (Å²) >= 11 is 3.22. The Morgan fingerprint density at radius 1 is 1.36 bits per heavy atom. The van der Waals surface area contributed by atoms with Crippen LogP contribution in [0.1, 0.15) is 22.9 Å². The molecule has 2 nitrogen and oxygen atoms in total. The largest absolute Gasteiger partial charge is 0.386 e. The van der Waals surface area contributed by atoms with Crippen molar-refractivity contribution in [1.29, 1.82) is 0 Å². The van der Waals surface area contributed by atoms with E-state index in [0.717, 1.165) is 16.3 Å². The number of hydrogen-bond donors (Lipinski definition) is 1. The molecular weight excluding hydrogens is 214 g/mol. The zero-order valence-corrected chi connectivity index (χ0v) is 9.65. The highest BCUT2D eigenvalue weighted by Crippen LogP contribution is 2.28. The molecule has 2 rings (SSSR count). The van der Waals surface area contributed by atoms with Gasteiger partial charge < -0.3 is 5.11 Å². The minimum absolute atomic E-state index is 0.464. The van der Waals surface area contributed by atoms with E-state index >= 15 is 0 Å². The predicted molar refractivity (Wildman–Crippen MR) is 60.8 cm³/mol. The first-order chi connectivity index (χ1) is 6.66. The Bertz CT molecular complexity index is 431. The van der Waals surface area contributed by atoms with Crippen molar-refractivity contribution in [3.63, 3.8) is 0 Å². The molecule has 74 valence electrons. The van der Waals surface area contributed by atoms with Crippen LogP contribution in [0, 0.1) is 6.92 Å². The molecule has 14 heavy (non-hydrogen) atoms. The molecule has 0 spiro atoms. The van der Waals surface area contributed by atoms with Gasteiger partial charge in [-0.2, -0.15) is 0 Å². The van der Waals surface area contributed by atoms with E-state index < -0.39 is 6.10 Å². The maximum Gasteiger partial charge on any atom is 0.122 e. The number of aryl methyl sites for hydroxylation is 1. The van der Waals surface area contributed by atoms with Gasteiger partial charge in [0.15, 0.2) is 0 Å². The number of thiophene rings is 1. The van der Waals surface area contributed by atoms with Gasteiger partial charge in [-0.15, -0.1) is 22.7 Å². The monoisotopic (exact) mass is 225 g/mol. The quantitative estimate of drug-likeness (QED) is 0.851. The fraction of sp³-hybridized carbons (Fsp3) is 0.300. The molecule has 4 heteroatoms. The normalized spacial score (nSPS) is 13.1. The average Bonchev–Trinajstić information content (AvgIpc) is 2.70. The Hall–Kier alpha value is -0.710. The van der Waals surface area contributed by atoms with Gasteiger partial charge in [-0.25, -0.2) is 4.98 Å². The van der Waals surface area contributed by atoms with Gasteiger partial charge in [0.25, 0.3) is 0 Å². The summed E-state index contributed by atoms with van der Waals surface area (Å²) in [5, 5.41) is 14.2. The highest BCUT2D eigenvalue weighted by Gasteiger charge is 2.09. The summed E-state index contributed by atoms with van der Waals surface area (Å²) in [5.41, 5.74) is 2.12. The van der Waals surface area contributed by atoms with Crippen LogP contribution in [0.2, 0.25) is 0 Å². The first kappa shape index (κ1) is 9.83. The van der Waals surface area contributed by atoms with Gasteiger partial charge in [-0.05, 0) is 19.9 Å². The summed E-state index contributed by atoms with van der Waals surface area (Å²) in [6.07, 6.45) is -0.464. The summed E-state index contributed by atoms with van der Waals surface area (Å²) < 4.78 is 0. The summed E-state index contributed by atoms with van der Waals surface area (Å²) in [5.74, 6) is 0. The first-order valence-electron chi connectivity index (χ1n) is 4.36. The first-order valence-corrected chi connectivity index (χ1v) is 6.12. The number of aromatic nitrogens is 1. The molecule has 0 saturated carbocycles. The smallest absolute Gasteiger partial charge is 0.122 e. The molecule has 0 aliphatic rings. The average molecular weight is 225 g/mol. The molecule has 1 atom stereocenters. The second kappa shape index (κ2) is 3.81. The summed E-state index contributed by atoms with van der Waals surface area (Å²) in [6.45, 7) is 3.82. The minimum Gasteiger partial charge on any atom is -0.386 e. The zero-order chi connectivity index (χ0) is 10.1. The van der Waals surface area contributed by atoms with Gasteiger partial charge in [-0.3, -0.25) is 0 Å². The summed E-state index contributed by atoms with van der Waals surface area (Å²) in [6, 6.07) is 2.12. The molecule has 2 aromatic heterocycles. The van der Waals surface area contributed by atoms with E-state index in [2.05, 4.69) is 23.4 Å². The van der Waals surface area contributed by atoms with Crippen molar-refractivity contribution in [3.8, 4) is 11.3 Å². The van der Waals surface area contributed by atoms with Gasteiger partial charge in [0.05, 0.1) is 5.69 Å². The van der Waals surface area contributed by atoms with Crippen LogP contribution < -0.4 is 0 Å². The van der Waals surface area contributed by atoms with E-state index in [0.29, 0.717) is 0 Å². The molecule has 1 unspecified atom stereocenters. The lowest BCUT2D eigenvalue weighted by Gasteiger charge is -1.95. The van der Waals surface area contributed by atoms with Crippen molar-refractivity contribution in [2.45, 2.75) is 20.0 Å². The van der Waals surface area contributed by atoms with E-state index in [9.17, 15) is 5.11 Å². The van der Waals surface area contributed by atoms with E-state index in [1.807, 2.05) is 5.38 Å². The van der Waals surface area contributed by atoms with Crippen LogP contribution in [0.25, 0.3) is 11.3 Å². The molecule has 0 aliphatic heterocycles. The van der Waals surface area contributed by atoms with Crippen molar-refractivity contribution in [3.05, 3.63) is 26.7 Å². The lowest BCUT2D eigenvalue weighted by Crippen LogP contribution is -1.88. The van der Waals surface area contributed by atoms with Crippen molar-refractivity contribution in [2.75, 3.05) is 0 Å². The van der Waals surface area contributed by atoms with Crippen LogP contribution >= 0.6 is 22.7 Å². The number of aliphatic hydroxyl groups excluding tert-OH is 1. The lowest BCUT2D eigenvalue weighted by atomic mass is 10.2. The molecule has 2 aromatic rings. The van der Waals surface area contributed by atoms with Gasteiger partial charge in [0.1, 0.15) is 11.1 Å². The van der Waals surface area contributed by atoms with E-state index in [4.69, 9.17) is 0 Å². The second-order valence-electron chi connectivity index (χ2n) is 3.19. The Balaban J connectivity index is 2.33. The molecule has 2 heterocycles. The molecule has 0 radical (unpaired) electrons. The maximum absolute atomic E-state index is 9.34. The van der Waals surface area contributed by atoms with Gasteiger partial charge in [-0.1, -0.05) is 0 Å². The molecule has 0 aliphatic carbocycles. The fourth-order valence-electron chi connectivity index (χ4n) is 1.19. The van der Waals surface area contributed by atoms with Gasteiger partial charge in [0.2, 0.25) is 0 Å². The third-order valence-corrected chi connectivity index (χ3v) is 3.78. The maximum atomic E-state index is 9.34. The number of hydrogen-bond acceptors (Lipinski definition) is 4. The van der Waals surface area contributed by atoms with E-state index in [-0.39, 0.29) is 0 Å². The Kier molecular flexibility index (Phi) is 2.67. The highest BCUT2D eigenvalue weighted by molar-refractivity contribution is 7.11. The number of rotatable bonds is 2. The zero-order valence-electron chi connectivity index (χ0n) is 8.02. The van der Waals surface area contributed by atoms with Gasteiger partial charge >= 0.3 is 0 Å². The minimum atomic E-state index is -0.464. The van der Waals surface area contributed by atoms with Crippen LogP contribution in [-0.4, -0.2) is 10.1 Å². The molecular formula is C10H11NOS2. The third kappa shape index (κ3) is 1.87. The predicted octanol–water partition coefficient (Wildman–Crippen LogP) is 3.23. The Labute approximate surface area is 90.9 Å². The second-order valence-corrected chi connectivity index (χ2v) is 5.20. The molecule has 0 saturated heterocycles. The topological polar surface area (TPSA) is 33.1 Å². The van der Waals surface area contributed by atoms with Crippen molar-refractivity contribution in [1.82, 2.24) is 4.98 Å². The Morgan fingerprint density at radius 3 is 2.64 bits per heavy atom. The van der Waals surface area contributed by atoms with Crippen molar-refractivity contribution in [2.24, 2.45) is 0 Å². The van der Waals surface area contributed by atoms with Crippen LogP contribution in [0.4, 0.5) is 0 Å². The number of nitrogens with zero attached hydrogens (tertiary/aromatic N) is 1. The Morgan fingerprint density at radius 2 is 2.14 bits per heavy atom. The molecule has 0 amide bonds. The SMILES string of the molecule is Cc1cc(-c2csc(C(C)O)n2)cs1. The summed E-state index contributed by atoms with van der Waals surface area (Å²) in [7, 11) is 0. The molecule has 0 fully saturated rings. The van der Waals surface area contributed by atoms with E-state index in [1.54, 1.807) is 18.3 Å². The third-order valence-electron chi connectivity index (χ3n) is 1.91. The van der Waals surface area contributed by atoms with E-state index in [1.165, 1.54) is 16.2 Å². The molecule has 1 N–H and O–H groups in total. The fourth-order valence-corrected chi connectivity index (χ4v) is 2.66. The van der Waals surface area contributed by atoms with Crippen LogP contribution in [0.15, 0.2) is 16.8 Å². The molecule has 0 aromatic carbocycles. The van der Waals surface area contributed by atoms with Crippen LogP contribution in [0.5, 0.6) is 0 Å². The lowest BCUT2D eigenvalue weighted by molar-refractivity contribution is 0.199.